The number of rotatable bonds is 3. The van der Waals surface area contributed by atoms with Gasteiger partial charge >= 0.3 is 0 Å². The Labute approximate surface area is 113 Å². The van der Waals surface area contributed by atoms with E-state index in [-0.39, 0.29) is 6.10 Å². The molecule has 0 bridgehead atoms. The van der Waals surface area contributed by atoms with Crippen LogP contribution in [-0.2, 0) is 6.42 Å². The Morgan fingerprint density at radius 2 is 1.95 bits per heavy atom. The molecule has 1 heterocycles. The molecule has 2 aliphatic carbocycles. The van der Waals surface area contributed by atoms with Crippen molar-refractivity contribution in [2.45, 2.75) is 31.8 Å². The molecule has 1 aromatic heterocycles. The smallest absolute Gasteiger partial charge is 0.0704 e. The molecule has 19 heavy (non-hydrogen) atoms. The van der Waals surface area contributed by atoms with Gasteiger partial charge in [0.25, 0.3) is 0 Å². The van der Waals surface area contributed by atoms with Crippen LogP contribution in [0, 0.1) is 17.8 Å². The van der Waals surface area contributed by atoms with E-state index in [1.54, 1.807) is 0 Å². The molecule has 0 spiro atoms. The Kier molecular flexibility index (Phi) is 2.59. The summed E-state index contributed by atoms with van der Waals surface area (Å²) in [5.74, 6) is 2.21. The van der Waals surface area contributed by atoms with E-state index in [9.17, 15) is 5.11 Å². The van der Waals surface area contributed by atoms with Gasteiger partial charge in [-0.1, -0.05) is 24.6 Å². The van der Waals surface area contributed by atoms with E-state index in [0.717, 1.165) is 23.8 Å². The lowest BCUT2D eigenvalue weighted by molar-refractivity contribution is 0.136. The molecule has 2 saturated carbocycles. The van der Waals surface area contributed by atoms with Gasteiger partial charge in [0.2, 0.25) is 0 Å². The Morgan fingerprint density at radius 3 is 2.79 bits per heavy atom. The Bertz CT molecular complexity index is 594. The third kappa shape index (κ3) is 1.86. The molecule has 2 nitrogen and oxygen atoms in total. The molecule has 0 radical (unpaired) electrons. The minimum absolute atomic E-state index is 0.166. The summed E-state index contributed by atoms with van der Waals surface area (Å²) in [5, 5.41) is 11.7. The third-order valence-corrected chi connectivity index (χ3v) is 5.09. The van der Waals surface area contributed by atoms with E-state index < -0.39 is 0 Å². The van der Waals surface area contributed by atoms with Crippen molar-refractivity contribution in [1.82, 2.24) is 4.98 Å². The van der Waals surface area contributed by atoms with Gasteiger partial charge in [0.1, 0.15) is 0 Å². The molecule has 2 aromatic rings. The fraction of sp³-hybridized carbons (Fsp3) is 0.471. The standard InChI is InChI=1S/C17H19NO/c19-16(17-13-5-3-6-14(13)17)10-11-8-9-18-15-7-2-1-4-12(11)15/h1-2,4,7-9,13-14,16-17,19H,3,5-6,10H2. The lowest BCUT2D eigenvalue weighted by Crippen LogP contribution is -2.16. The predicted molar refractivity (Wildman–Crippen MR) is 75.8 cm³/mol. The first-order chi connectivity index (χ1) is 9.34. The van der Waals surface area contributed by atoms with E-state index in [4.69, 9.17) is 0 Å². The van der Waals surface area contributed by atoms with Crippen LogP contribution in [-0.4, -0.2) is 16.2 Å². The summed E-state index contributed by atoms with van der Waals surface area (Å²) in [5.41, 5.74) is 2.27. The van der Waals surface area contributed by atoms with Gasteiger partial charge in [-0.25, -0.2) is 0 Å². The zero-order valence-corrected chi connectivity index (χ0v) is 11.0. The number of para-hydroxylation sites is 1. The van der Waals surface area contributed by atoms with Crippen LogP contribution in [0.2, 0.25) is 0 Å². The molecule has 2 fully saturated rings. The van der Waals surface area contributed by atoms with Crippen LogP contribution in [0.1, 0.15) is 24.8 Å². The van der Waals surface area contributed by atoms with Gasteiger partial charge in [-0.15, -0.1) is 0 Å². The minimum Gasteiger partial charge on any atom is -0.392 e. The van der Waals surface area contributed by atoms with Gasteiger partial charge in [0, 0.05) is 11.6 Å². The first kappa shape index (κ1) is 11.4. The molecule has 4 rings (SSSR count). The molecule has 3 unspecified atom stereocenters. The largest absolute Gasteiger partial charge is 0.392 e. The number of hydrogen-bond acceptors (Lipinski definition) is 2. The Hall–Kier alpha value is -1.41. The molecule has 0 aliphatic heterocycles. The van der Waals surface area contributed by atoms with Gasteiger partial charge in [-0.05, 0) is 54.7 Å². The van der Waals surface area contributed by atoms with E-state index in [1.807, 2.05) is 24.4 Å². The van der Waals surface area contributed by atoms with Crippen molar-refractivity contribution in [3.63, 3.8) is 0 Å². The second kappa shape index (κ2) is 4.31. The van der Waals surface area contributed by atoms with Crippen LogP contribution in [0.5, 0.6) is 0 Å². The average molecular weight is 253 g/mol. The number of aliphatic hydroxyl groups is 1. The number of nitrogens with zero attached hydrogens (tertiary/aromatic N) is 1. The van der Waals surface area contributed by atoms with Crippen molar-refractivity contribution in [2.24, 2.45) is 17.8 Å². The van der Waals surface area contributed by atoms with Crippen molar-refractivity contribution < 1.29 is 5.11 Å². The summed E-state index contributed by atoms with van der Waals surface area (Å²) >= 11 is 0. The van der Waals surface area contributed by atoms with E-state index in [1.165, 1.54) is 30.2 Å². The monoisotopic (exact) mass is 253 g/mol. The van der Waals surface area contributed by atoms with Crippen LogP contribution in [0.25, 0.3) is 10.9 Å². The molecule has 0 amide bonds. The second-order valence-corrected chi connectivity index (χ2v) is 6.09. The summed E-state index contributed by atoms with van der Waals surface area (Å²) in [6.07, 6.45) is 6.52. The highest BCUT2D eigenvalue weighted by Crippen LogP contribution is 2.59. The second-order valence-electron chi connectivity index (χ2n) is 6.09. The normalized spacial score (nSPS) is 30.3. The van der Waals surface area contributed by atoms with Crippen molar-refractivity contribution in [3.8, 4) is 0 Å². The molecule has 2 heteroatoms. The van der Waals surface area contributed by atoms with Crippen molar-refractivity contribution in [3.05, 3.63) is 42.1 Å². The number of aliphatic hydroxyl groups excluding tert-OH is 1. The lowest BCUT2D eigenvalue weighted by atomic mass is 9.97. The first-order valence-corrected chi connectivity index (χ1v) is 7.35. The van der Waals surface area contributed by atoms with Crippen molar-refractivity contribution >= 4 is 10.9 Å². The number of hydrogen-bond donors (Lipinski definition) is 1. The van der Waals surface area contributed by atoms with E-state index >= 15 is 0 Å². The number of benzene rings is 1. The van der Waals surface area contributed by atoms with Gasteiger partial charge < -0.3 is 5.11 Å². The average Bonchev–Trinajstić information content (AvgIpc) is 2.93. The highest BCUT2D eigenvalue weighted by atomic mass is 16.3. The summed E-state index contributed by atoms with van der Waals surface area (Å²) in [4.78, 5) is 4.39. The van der Waals surface area contributed by atoms with Gasteiger partial charge in [-0.2, -0.15) is 0 Å². The van der Waals surface area contributed by atoms with Crippen LogP contribution in [0.3, 0.4) is 0 Å². The van der Waals surface area contributed by atoms with E-state index in [2.05, 4.69) is 17.1 Å². The number of pyridine rings is 1. The maximum atomic E-state index is 10.5. The minimum atomic E-state index is -0.166. The molecular formula is C17H19NO. The van der Waals surface area contributed by atoms with Gasteiger partial charge in [-0.3, -0.25) is 4.98 Å². The van der Waals surface area contributed by atoms with Crippen LogP contribution < -0.4 is 0 Å². The summed E-state index contributed by atoms with van der Waals surface area (Å²) in [6.45, 7) is 0. The number of fused-ring (bicyclic) bond motifs is 2. The topological polar surface area (TPSA) is 33.1 Å². The Morgan fingerprint density at radius 1 is 1.16 bits per heavy atom. The Balaban J connectivity index is 1.58. The summed E-state index contributed by atoms with van der Waals surface area (Å²) in [7, 11) is 0. The van der Waals surface area contributed by atoms with Crippen LogP contribution in [0.15, 0.2) is 36.5 Å². The third-order valence-electron chi connectivity index (χ3n) is 5.09. The predicted octanol–water partition coefficient (Wildman–Crippen LogP) is 3.18. The van der Waals surface area contributed by atoms with Gasteiger partial charge in [0.15, 0.2) is 0 Å². The zero-order chi connectivity index (χ0) is 12.8. The zero-order valence-electron chi connectivity index (χ0n) is 11.0. The van der Waals surface area contributed by atoms with Crippen LogP contribution >= 0.6 is 0 Å². The molecule has 2 aliphatic rings. The fourth-order valence-electron chi connectivity index (χ4n) is 4.14. The van der Waals surface area contributed by atoms with Gasteiger partial charge in [0.05, 0.1) is 11.6 Å². The fourth-order valence-corrected chi connectivity index (χ4v) is 4.14. The molecule has 1 N–H and O–H groups in total. The van der Waals surface area contributed by atoms with Crippen molar-refractivity contribution in [1.29, 1.82) is 0 Å². The maximum Gasteiger partial charge on any atom is 0.0704 e. The summed E-state index contributed by atoms with van der Waals surface area (Å²) < 4.78 is 0. The summed E-state index contributed by atoms with van der Waals surface area (Å²) in [6, 6.07) is 10.3. The molecule has 3 atom stereocenters. The highest BCUT2D eigenvalue weighted by molar-refractivity contribution is 5.81. The highest BCUT2D eigenvalue weighted by Gasteiger charge is 2.55. The molecule has 0 saturated heterocycles. The molecular weight excluding hydrogens is 234 g/mol. The lowest BCUT2D eigenvalue weighted by Gasteiger charge is -2.14. The van der Waals surface area contributed by atoms with Crippen LogP contribution in [0.4, 0.5) is 0 Å². The first-order valence-electron chi connectivity index (χ1n) is 7.35. The molecule has 98 valence electrons. The molecule has 1 aromatic carbocycles. The van der Waals surface area contributed by atoms with Crippen molar-refractivity contribution in [2.75, 3.05) is 0 Å². The number of aromatic nitrogens is 1. The SMILES string of the molecule is OC(Cc1ccnc2ccccc12)C1C2CCCC21. The maximum absolute atomic E-state index is 10.5. The quantitative estimate of drug-likeness (QED) is 0.911. The van der Waals surface area contributed by atoms with E-state index in [0.29, 0.717) is 5.92 Å².